The molecule has 4 aromatic rings. The first-order valence-electron chi connectivity index (χ1n) is 8.00. The SMILES string of the molecule is O=[N+]([O-])c1ccc(C=Cc2nn3c(CSc4ccccc4)nnc3s2)cc1. The number of thioether (sulfide) groups is 1. The summed E-state index contributed by atoms with van der Waals surface area (Å²) in [6.45, 7) is 0. The molecule has 0 atom stereocenters. The molecule has 7 nitrogen and oxygen atoms in total. The van der Waals surface area contributed by atoms with Gasteiger partial charge in [0, 0.05) is 17.0 Å². The molecule has 0 aliphatic rings. The molecule has 0 saturated carbocycles. The van der Waals surface area contributed by atoms with E-state index in [4.69, 9.17) is 0 Å². The summed E-state index contributed by atoms with van der Waals surface area (Å²) in [5, 5.41) is 24.4. The summed E-state index contributed by atoms with van der Waals surface area (Å²) in [6, 6.07) is 16.5. The van der Waals surface area contributed by atoms with Gasteiger partial charge in [-0.3, -0.25) is 10.1 Å². The molecule has 0 fully saturated rings. The van der Waals surface area contributed by atoms with E-state index in [2.05, 4.69) is 27.4 Å². The monoisotopic (exact) mass is 395 g/mol. The Labute approximate surface area is 162 Å². The van der Waals surface area contributed by atoms with Gasteiger partial charge in [0.05, 0.1) is 10.7 Å². The van der Waals surface area contributed by atoms with Crippen LogP contribution in [0, 0.1) is 10.1 Å². The molecule has 27 heavy (non-hydrogen) atoms. The van der Waals surface area contributed by atoms with Crippen molar-refractivity contribution >= 4 is 45.9 Å². The number of fused-ring (bicyclic) bond motifs is 1. The highest BCUT2D eigenvalue weighted by molar-refractivity contribution is 7.98. The minimum absolute atomic E-state index is 0.0755. The highest BCUT2D eigenvalue weighted by Gasteiger charge is 2.11. The average Bonchev–Trinajstić information content (AvgIpc) is 3.26. The maximum Gasteiger partial charge on any atom is 0.269 e. The van der Waals surface area contributed by atoms with Crippen LogP contribution in [0.3, 0.4) is 0 Å². The number of nitro benzene ring substituents is 1. The van der Waals surface area contributed by atoms with Crippen molar-refractivity contribution in [3.05, 3.63) is 81.1 Å². The molecule has 0 unspecified atom stereocenters. The Morgan fingerprint density at radius 2 is 1.85 bits per heavy atom. The number of benzene rings is 2. The minimum Gasteiger partial charge on any atom is -0.258 e. The highest BCUT2D eigenvalue weighted by atomic mass is 32.2. The van der Waals surface area contributed by atoms with Crippen LogP contribution in [0.5, 0.6) is 0 Å². The van der Waals surface area contributed by atoms with E-state index in [9.17, 15) is 10.1 Å². The lowest BCUT2D eigenvalue weighted by Gasteiger charge is -1.98. The fourth-order valence-corrected chi connectivity index (χ4v) is 3.95. The summed E-state index contributed by atoms with van der Waals surface area (Å²) in [6.07, 6.45) is 3.74. The van der Waals surface area contributed by atoms with E-state index >= 15 is 0 Å². The Morgan fingerprint density at radius 3 is 2.59 bits per heavy atom. The minimum atomic E-state index is -0.411. The van der Waals surface area contributed by atoms with Gasteiger partial charge in [0.2, 0.25) is 4.96 Å². The first kappa shape index (κ1) is 17.4. The van der Waals surface area contributed by atoms with E-state index in [0.29, 0.717) is 5.75 Å². The largest absolute Gasteiger partial charge is 0.269 e. The number of nitro groups is 1. The summed E-state index contributed by atoms with van der Waals surface area (Å²) >= 11 is 3.13. The lowest BCUT2D eigenvalue weighted by molar-refractivity contribution is -0.384. The fraction of sp³-hybridized carbons (Fsp3) is 0.0556. The molecule has 134 valence electrons. The molecule has 2 heterocycles. The van der Waals surface area contributed by atoms with Crippen molar-refractivity contribution in [3.63, 3.8) is 0 Å². The van der Waals surface area contributed by atoms with E-state index in [1.54, 1.807) is 28.4 Å². The number of hydrogen-bond donors (Lipinski definition) is 0. The number of rotatable bonds is 6. The molecule has 9 heteroatoms. The molecule has 2 aromatic carbocycles. The molecule has 0 radical (unpaired) electrons. The standard InChI is InChI=1S/C18H13N5O2S2/c24-23(25)14-9-6-13(7-10-14)8-11-17-21-22-16(19-20-18(22)27-17)12-26-15-4-2-1-3-5-15/h1-11H,12H2. The van der Waals surface area contributed by atoms with E-state index in [0.717, 1.165) is 21.4 Å². The second-order valence-electron chi connectivity index (χ2n) is 5.53. The first-order chi connectivity index (χ1) is 13.2. The van der Waals surface area contributed by atoms with Crippen LogP contribution >= 0.6 is 23.1 Å². The molecule has 2 aromatic heterocycles. The van der Waals surface area contributed by atoms with Gasteiger partial charge in [-0.2, -0.15) is 9.61 Å². The zero-order chi connectivity index (χ0) is 18.6. The van der Waals surface area contributed by atoms with Gasteiger partial charge in [0.15, 0.2) is 5.82 Å². The Balaban J connectivity index is 1.48. The number of hydrogen-bond acceptors (Lipinski definition) is 7. The molecule has 0 saturated heterocycles. The second kappa shape index (κ2) is 7.68. The summed E-state index contributed by atoms with van der Waals surface area (Å²) < 4.78 is 1.76. The summed E-state index contributed by atoms with van der Waals surface area (Å²) in [5.74, 6) is 1.48. The van der Waals surface area contributed by atoms with E-state index in [1.807, 2.05) is 30.4 Å². The zero-order valence-corrected chi connectivity index (χ0v) is 15.6. The third kappa shape index (κ3) is 4.04. The molecule has 0 bridgehead atoms. The molecule has 0 aliphatic carbocycles. The van der Waals surface area contributed by atoms with Gasteiger partial charge < -0.3 is 0 Å². The van der Waals surface area contributed by atoms with Gasteiger partial charge in [0.25, 0.3) is 5.69 Å². The van der Waals surface area contributed by atoms with Gasteiger partial charge >= 0.3 is 0 Å². The normalized spacial score (nSPS) is 11.4. The topological polar surface area (TPSA) is 86.2 Å². The predicted octanol–water partition coefficient (Wildman–Crippen LogP) is 4.56. The molecule has 0 N–H and O–H groups in total. The molecule has 4 rings (SSSR count). The first-order valence-corrected chi connectivity index (χ1v) is 9.81. The Morgan fingerprint density at radius 1 is 1.07 bits per heavy atom. The van der Waals surface area contributed by atoms with Crippen LogP contribution in [0.25, 0.3) is 17.1 Å². The lowest BCUT2D eigenvalue weighted by Crippen LogP contribution is -1.93. The van der Waals surface area contributed by atoms with Crippen LogP contribution in [0.15, 0.2) is 59.5 Å². The molecule has 0 amide bonds. The smallest absolute Gasteiger partial charge is 0.258 e. The predicted molar refractivity (Wildman–Crippen MR) is 107 cm³/mol. The number of nitrogens with zero attached hydrogens (tertiary/aromatic N) is 5. The lowest BCUT2D eigenvalue weighted by atomic mass is 10.2. The van der Waals surface area contributed by atoms with Crippen molar-refractivity contribution in [2.75, 3.05) is 0 Å². The Bertz CT molecular complexity index is 1100. The number of aromatic nitrogens is 4. The zero-order valence-electron chi connectivity index (χ0n) is 13.9. The Kier molecular flexibility index (Phi) is 4.95. The van der Waals surface area contributed by atoms with Gasteiger partial charge in [-0.15, -0.1) is 22.0 Å². The maximum atomic E-state index is 10.7. The van der Waals surface area contributed by atoms with Crippen LogP contribution in [0.2, 0.25) is 0 Å². The van der Waals surface area contributed by atoms with E-state index in [-0.39, 0.29) is 5.69 Å². The van der Waals surface area contributed by atoms with Crippen molar-refractivity contribution in [2.24, 2.45) is 0 Å². The van der Waals surface area contributed by atoms with E-state index in [1.165, 1.54) is 28.4 Å². The van der Waals surface area contributed by atoms with E-state index < -0.39 is 4.92 Å². The van der Waals surface area contributed by atoms with Crippen LogP contribution in [-0.2, 0) is 5.75 Å². The van der Waals surface area contributed by atoms with Crippen LogP contribution in [-0.4, -0.2) is 24.7 Å². The summed E-state index contributed by atoms with van der Waals surface area (Å²) in [4.78, 5) is 12.2. The van der Waals surface area contributed by atoms with Gasteiger partial charge in [-0.05, 0) is 35.9 Å². The molecule has 0 spiro atoms. The van der Waals surface area contributed by atoms with Gasteiger partial charge in [-0.1, -0.05) is 35.6 Å². The maximum absolute atomic E-state index is 10.7. The fourth-order valence-electron chi connectivity index (χ4n) is 2.37. The summed E-state index contributed by atoms with van der Waals surface area (Å²) in [7, 11) is 0. The average molecular weight is 395 g/mol. The van der Waals surface area contributed by atoms with Gasteiger partial charge in [-0.25, -0.2) is 0 Å². The van der Waals surface area contributed by atoms with Crippen molar-refractivity contribution in [3.8, 4) is 0 Å². The van der Waals surface area contributed by atoms with Crippen LogP contribution in [0.1, 0.15) is 16.4 Å². The van der Waals surface area contributed by atoms with Crippen molar-refractivity contribution < 1.29 is 4.92 Å². The second-order valence-corrected chi connectivity index (χ2v) is 7.57. The molecular weight excluding hydrogens is 382 g/mol. The van der Waals surface area contributed by atoms with Crippen molar-refractivity contribution in [2.45, 2.75) is 10.6 Å². The van der Waals surface area contributed by atoms with Crippen molar-refractivity contribution in [1.82, 2.24) is 19.8 Å². The van der Waals surface area contributed by atoms with Crippen LogP contribution < -0.4 is 0 Å². The van der Waals surface area contributed by atoms with Gasteiger partial charge in [0.1, 0.15) is 5.01 Å². The molecule has 0 aliphatic heterocycles. The summed E-state index contributed by atoms with van der Waals surface area (Å²) in [5.41, 5.74) is 0.943. The highest BCUT2D eigenvalue weighted by Crippen LogP contribution is 2.23. The third-order valence-corrected chi connectivity index (χ3v) is 5.58. The molecular formula is C18H13N5O2S2. The van der Waals surface area contributed by atoms with Crippen molar-refractivity contribution in [1.29, 1.82) is 0 Å². The number of non-ortho nitro benzene ring substituents is 1. The Hall–Kier alpha value is -3.04. The quantitative estimate of drug-likeness (QED) is 0.270. The van der Waals surface area contributed by atoms with Crippen LogP contribution in [0.4, 0.5) is 5.69 Å². The third-order valence-electron chi connectivity index (χ3n) is 3.70.